The number of nitrogens with two attached hydrogens (primary N) is 1. The van der Waals surface area contributed by atoms with E-state index in [2.05, 4.69) is 33.0 Å². The summed E-state index contributed by atoms with van der Waals surface area (Å²) in [6.45, 7) is 8.95. The second kappa shape index (κ2) is 4.81. The fraction of sp³-hybridized carbons (Fsp3) is 1.00. The molecule has 4 heteroatoms. The highest BCUT2D eigenvalue weighted by Gasteiger charge is 2.46. The van der Waals surface area contributed by atoms with Crippen LogP contribution in [0.25, 0.3) is 0 Å². The van der Waals surface area contributed by atoms with Crippen molar-refractivity contribution in [1.29, 1.82) is 0 Å². The highest BCUT2D eigenvalue weighted by molar-refractivity contribution is 5.03. The highest BCUT2D eigenvalue weighted by Crippen LogP contribution is 2.49. The second-order valence-electron chi connectivity index (χ2n) is 7.12. The monoisotopic (exact) mass is 248 g/mol. The fourth-order valence-electron chi connectivity index (χ4n) is 3.95. The Morgan fingerprint density at radius 2 is 1.53 bits per heavy atom. The van der Waals surface area contributed by atoms with Crippen molar-refractivity contribution < 1.29 is 8.78 Å². The van der Waals surface area contributed by atoms with Gasteiger partial charge in [0, 0.05) is 12.1 Å². The molecular weight excluding hydrogens is 222 g/mol. The average molecular weight is 248 g/mol. The molecule has 0 aliphatic heterocycles. The van der Waals surface area contributed by atoms with Gasteiger partial charge in [-0.2, -0.15) is 0 Å². The van der Waals surface area contributed by atoms with Crippen molar-refractivity contribution in [2.45, 2.75) is 58.9 Å². The van der Waals surface area contributed by atoms with Gasteiger partial charge in [-0.25, -0.2) is 8.78 Å². The Morgan fingerprint density at radius 1 is 1.06 bits per heavy atom. The normalized spacial score (nSPS) is 26.1. The molecule has 0 bridgehead atoms. The van der Waals surface area contributed by atoms with Crippen molar-refractivity contribution in [1.82, 2.24) is 5.32 Å². The number of alkyl halides is 2. The number of hydrogen-bond donors (Lipinski definition) is 2. The zero-order valence-electron chi connectivity index (χ0n) is 11.4. The van der Waals surface area contributed by atoms with Gasteiger partial charge in [0.15, 0.2) is 0 Å². The van der Waals surface area contributed by atoms with Crippen LogP contribution >= 0.6 is 0 Å². The second-order valence-corrected chi connectivity index (χ2v) is 7.12. The molecule has 1 saturated carbocycles. The topological polar surface area (TPSA) is 38.0 Å². The van der Waals surface area contributed by atoms with Gasteiger partial charge in [-0.1, -0.05) is 27.7 Å². The molecule has 0 amide bonds. The summed E-state index contributed by atoms with van der Waals surface area (Å²) in [5, 5.41) is 3.02. The number of rotatable bonds is 4. The lowest BCUT2D eigenvalue weighted by atomic mass is 9.58. The van der Waals surface area contributed by atoms with Crippen LogP contribution in [-0.4, -0.2) is 25.1 Å². The van der Waals surface area contributed by atoms with Crippen LogP contribution in [0.15, 0.2) is 0 Å². The van der Waals surface area contributed by atoms with Crippen molar-refractivity contribution >= 4 is 0 Å². The van der Waals surface area contributed by atoms with E-state index in [0.717, 1.165) is 19.3 Å². The first kappa shape index (κ1) is 14.8. The van der Waals surface area contributed by atoms with Gasteiger partial charge in [0.05, 0.1) is 6.54 Å². The molecule has 0 aromatic rings. The van der Waals surface area contributed by atoms with Gasteiger partial charge < -0.3 is 11.1 Å². The summed E-state index contributed by atoms with van der Waals surface area (Å²) >= 11 is 0. The Bertz CT molecular complexity index is 246. The predicted octanol–water partition coefficient (Wildman–Crippen LogP) is 2.77. The maximum Gasteiger partial charge on any atom is 0.250 e. The molecule has 0 heterocycles. The maximum atomic E-state index is 12.4. The molecule has 102 valence electrons. The Labute approximate surface area is 103 Å². The molecule has 0 radical (unpaired) electrons. The molecule has 0 saturated heterocycles. The minimum Gasteiger partial charge on any atom is -0.329 e. The Kier molecular flexibility index (Phi) is 4.20. The van der Waals surface area contributed by atoms with Crippen LogP contribution in [0.1, 0.15) is 47.0 Å². The van der Waals surface area contributed by atoms with Crippen LogP contribution in [0, 0.1) is 10.8 Å². The highest BCUT2D eigenvalue weighted by atomic mass is 19.3. The van der Waals surface area contributed by atoms with E-state index < -0.39 is 6.43 Å². The van der Waals surface area contributed by atoms with Crippen molar-refractivity contribution in [3.63, 3.8) is 0 Å². The molecule has 1 aliphatic rings. The van der Waals surface area contributed by atoms with Crippen molar-refractivity contribution in [2.24, 2.45) is 16.6 Å². The Hall–Kier alpha value is -0.220. The van der Waals surface area contributed by atoms with E-state index in [4.69, 9.17) is 5.73 Å². The summed E-state index contributed by atoms with van der Waals surface area (Å²) in [5.74, 6) is 0. The van der Waals surface area contributed by atoms with Crippen LogP contribution in [0.5, 0.6) is 0 Å². The van der Waals surface area contributed by atoms with Crippen LogP contribution in [0.4, 0.5) is 8.78 Å². The third kappa shape index (κ3) is 4.18. The summed E-state index contributed by atoms with van der Waals surface area (Å²) in [7, 11) is 0. The number of halogens is 2. The van der Waals surface area contributed by atoms with E-state index in [9.17, 15) is 8.78 Å². The SMILES string of the molecule is CC1(C)CC(C)(C)CC(CN)(NCC(F)F)C1. The Balaban J connectivity index is 2.82. The predicted molar refractivity (Wildman–Crippen MR) is 67.2 cm³/mol. The van der Waals surface area contributed by atoms with Crippen molar-refractivity contribution in [3.8, 4) is 0 Å². The zero-order valence-corrected chi connectivity index (χ0v) is 11.4. The first-order chi connectivity index (χ1) is 7.60. The number of hydrogen-bond acceptors (Lipinski definition) is 2. The largest absolute Gasteiger partial charge is 0.329 e. The minimum atomic E-state index is -2.31. The van der Waals surface area contributed by atoms with E-state index >= 15 is 0 Å². The molecular formula is C13H26F2N2. The van der Waals surface area contributed by atoms with E-state index in [1.54, 1.807) is 0 Å². The molecule has 3 N–H and O–H groups in total. The van der Waals surface area contributed by atoms with Gasteiger partial charge in [0.2, 0.25) is 0 Å². The third-order valence-electron chi connectivity index (χ3n) is 3.61. The zero-order chi connectivity index (χ0) is 13.3. The summed E-state index contributed by atoms with van der Waals surface area (Å²) < 4.78 is 24.8. The lowest BCUT2D eigenvalue weighted by molar-refractivity contribution is 0.0215. The molecule has 0 atom stereocenters. The van der Waals surface area contributed by atoms with Gasteiger partial charge >= 0.3 is 0 Å². The minimum absolute atomic E-state index is 0.149. The molecule has 0 spiro atoms. The maximum absolute atomic E-state index is 12.4. The van der Waals surface area contributed by atoms with E-state index in [-0.39, 0.29) is 22.9 Å². The first-order valence-electron chi connectivity index (χ1n) is 6.33. The van der Waals surface area contributed by atoms with Crippen LogP contribution in [0.3, 0.4) is 0 Å². The molecule has 0 aromatic heterocycles. The molecule has 1 fully saturated rings. The fourth-order valence-corrected chi connectivity index (χ4v) is 3.95. The van der Waals surface area contributed by atoms with Gasteiger partial charge in [-0.3, -0.25) is 0 Å². The standard InChI is InChI=1S/C13H26F2N2/c1-11(2)6-12(3,4)8-13(7-11,9-16)17-5-10(14)15/h10,17H,5-9,16H2,1-4H3. The van der Waals surface area contributed by atoms with E-state index in [0.29, 0.717) is 6.54 Å². The van der Waals surface area contributed by atoms with Gasteiger partial charge in [0.25, 0.3) is 6.43 Å². The lowest BCUT2D eigenvalue weighted by Crippen LogP contribution is -2.60. The van der Waals surface area contributed by atoms with Crippen LogP contribution in [0.2, 0.25) is 0 Å². The smallest absolute Gasteiger partial charge is 0.250 e. The van der Waals surface area contributed by atoms with Gasteiger partial charge in [0.1, 0.15) is 0 Å². The molecule has 17 heavy (non-hydrogen) atoms. The van der Waals surface area contributed by atoms with E-state index in [1.165, 1.54) is 0 Å². The number of nitrogens with one attached hydrogen (secondary N) is 1. The molecule has 0 aromatic carbocycles. The third-order valence-corrected chi connectivity index (χ3v) is 3.61. The summed E-state index contributed by atoms with van der Waals surface area (Å²) in [5.41, 5.74) is 5.83. The lowest BCUT2D eigenvalue weighted by Gasteiger charge is -2.52. The Morgan fingerprint density at radius 3 is 1.88 bits per heavy atom. The van der Waals surface area contributed by atoms with Crippen LogP contribution in [-0.2, 0) is 0 Å². The summed E-state index contributed by atoms with van der Waals surface area (Å²) in [6, 6.07) is 0. The first-order valence-corrected chi connectivity index (χ1v) is 6.33. The van der Waals surface area contributed by atoms with Crippen LogP contribution < -0.4 is 11.1 Å². The average Bonchev–Trinajstić information content (AvgIpc) is 2.10. The molecule has 1 rings (SSSR count). The molecule has 2 nitrogen and oxygen atoms in total. The summed E-state index contributed by atoms with van der Waals surface area (Å²) in [6.07, 6.45) is 0.531. The molecule has 0 unspecified atom stereocenters. The summed E-state index contributed by atoms with van der Waals surface area (Å²) in [4.78, 5) is 0. The van der Waals surface area contributed by atoms with Gasteiger partial charge in [-0.15, -0.1) is 0 Å². The van der Waals surface area contributed by atoms with Crippen molar-refractivity contribution in [3.05, 3.63) is 0 Å². The van der Waals surface area contributed by atoms with E-state index in [1.807, 2.05) is 0 Å². The molecule has 1 aliphatic carbocycles. The quantitative estimate of drug-likeness (QED) is 0.803. The van der Waals surface area contributed by atoms with Crippen molar-refractivity contribution in [2.75, 3.05) is 13.1 Å². The van der Waals surface area contributed by atoms with Gasteiger partial charge in [-0.05, 0) is 30.1 Å².